The zero-order chi connectivity index (χ0) is 29.0. The molecule has 5 aromatic carbocycles. The summed E-state index contributed by atoms with van der Waals surface area (Å²) in [6.45, 7) is 0. The molecule has 1 aliphatic carbocycles. The molecule has 1 aliphatic rings. The summed E-state index contributed by atoms with van der Waals surface area (Å²) in [5, 5.41) is 3.91. The highest BCUT2D eigenvalue weighted by Crippen LogP contribution is 2.41. The Morgan fingerprint density at radius 2 is 1.18 bits per heavy atom. The number of fused-ring (bicyclic) bond motifs is 6. The van der Waals surface area contributed by atoms with E-state index in [9.17, 15) is 0 Å². The molecule has 0 radical (unpaired) electrons. The van der Waals surface area contributed by atoms with Crippen molar-refractivity contribution in [2.75, 3.05) is 0 Å². The van der Waals surface area contributed by atoms with Crippen LogP contribution in [0.1, 0.15) is 16.9 Å². The van der Waals surface area contributed by atoms with Crippen LogP contribution in [0.3, 0.4) is 0 Å². The predicted molar refractivity (Wildman–Crippen MR) is 188 cm³/mol. The number of thiophene rings is 1. The van der Waals surface area contributed by atoms with Gasteiger partial charge in [0.15, 0.2) is 0 Å². The molecule has 9 rings (SSSR count). The average molecular weight is 581 g/mol. The minimum atomic E-state index is 1.08. The lowest BCUT2D eigenvalue weighted by Gasteiger charge is -2.12. The van der Waals surface area contributed by atoms with Crippen LogP contribution in [0.2, 0.25) is 0 Å². The lowest BCUT2D eigenvalue weighted by molar-refractivity contribution is 1.01. The number of nitrogens with zero attached hydrogens (tertiary/aromatic N) is 2. The Labute approximate surface area is 260 Å². The van der Waals surface area contributed by atoms with Crippen molar-refractivity contribution in [3.63, 3.8) is 0 Å². The van der Waals surface area contributed by atoms with E-state index in [4.69, 9.17) is 4.98 Å². The molecule has 0 fully saturated rings. The van der Waals surface area contributed by atoms with Crippen molar-refractivity contribution < 1.29 is 0 Å². The van der Waals surface area contributed by atoms with Crippen molar-refractivity contribution >= 4 is 49.3 Å². The highest BCUT2D eigenvalue weighted by Gasteiger charge is 2.17. The van der Waals surface area contributed by atoms with E-state index in [0.717, 1.165) is 24.1 Å². The number of aryl methyl sites for hydroxylation is 1. The van der Waals surface area contributed by atoms with Gasteiger partial charge in [-0.25, -0.2) is 0 Å². The van der Waals surface area contributed by atoms with Crippen molar-refractivity contribution in [1.82, 2.24) is 9.55 Å². The fraction of sp³-hybridized carbons (Fsp3) is 0.0488. The molecule has 0 spiro atoms. The number of allylic oxidation sites excluding steroid dienone is 1. The molecule has 0 bridgehead atoms. The summed E-state index contributed by atoms with van der Waals surface area (Å²) in [6, 6.07) is 46.2. The smallest absolute Gasteiger partial charge is 0.0880 e. The van der Waals surface area contributed by atoms with Gasteiger partial charge in [-0.15, -0.1) is 11.3 Å². The van der Waals surface area contributed by atoms with E-state index in [1.165, 1.54) is 70.3 Å². The van der Waals surface area contributed by atoms with Crippen LogP contribution in [0.4, 0.5) is 0 Å². The first-order chi connectivity index (χ1) is 21.8. The van der Waals surface area contributed by atoms with Gasteiger partial charge in [0.1, 0.15) is 0 Å². The largest absolute Gasteiger partial charge is 0.309 e. The van der Waals surface area contributed by atoms with Crippen LogP contribution < -0.4 is 0 Å². The van der Waals surface area contributed by atoms with E-state index < -0.39 is 0 Å². The van der Waals surface area contributed by atoms with Crippen LogP contribution in [0.5, 0.6) is 0 Å². The standard InChI is InChI=1S/C41H28N2S/c1-4-19-37-33(16-1)34-17-2-5-20-38(34)43(37)32-15-9-13-30(26-32)28-11-7-10-27(24-28)29-12-8-14-31(25-29)40-41-36(22-23-42-40)35-18-3-6-21-39(35)44-41/h1-2,4-17,19-26H,3,18H2. The van der Waals surface area contributed by atoms with E-state index in [1.54, 1.807) is 0 Å². The van der Waals surface area contributed by atoms with Gasteiger partial charge in [0.05, 0.1) is 21.4 Å². The van der Waals surface area contributed by atoms with E-state index in [0.29, 0.717) is 0 Å². The van der Waals surface area contributed by atoms with Gasteiger partial charge in [0.25, 0.3) is 0 Å². The van der Waals surface area contributed by atoms with Crippen molar-refractivity contribution in [2.24, 2.45) is 0 Å². The van der Waals surface area contributed by atoms with Crippen LogP contribution in [0.15, 0.2) is 140 Å². The average Bonchev–Trinajstić information content (AvgIpc) is 3.65. The topological polar surface area (TPSA) is 17.8 Å². The molecule has 0 saturated carbocycles. The third kappa shape index (κ3) is 4.05. The van der Waals surface area contributed by atoms with Crippen LogP contribution in [0, 0.1) is 0 Å². The second-order valence-electron chi connectivity index (χ2n) is 11.5. The number of rotatable bonds is 4. The van der Waals surface area contributed by atoms with Gasteiger partial charge in [0.2, 0.25) is 0 Å². The quantitative estimate of drug-likeness (QED) is 0.202. The summed E-state index contributed by atoms with van der Waals surface area (Å²) in [5.74, 6) is 0. The number of benzene rings is 5. The summed E-state index contributed by atoms with van der Waals surface area (Å²) in [7, 11) is 0. The van der Waals surface area contributed by atoms with Crippen LogP contribution in [-0.4, -0.2) is 9.55 Å². The molecule has 0 aliphatic heterocycles. The summed E-state index contributed by atoms with van der Waals surface area (Å²) in [4.78, 5) is 6.26. The molecule has 0 N–H and O–H groups in total. The summed E-state index contributed by atoms with van der Waals surface area (Å²) in [6.07, 6.45) is 8.77. The van der Waals surface area contributed by atoms with Crippen molar-refractivity contribution in [2.45, 2.75) is 12.8 Å². The lowest BCUT2D eigenvalue weighted by atomic mass is 9.96. The normalized spacial score (nSPS) is 12.7. The highest BCUT2D eigenvalue weighted by atomic mass is 32.1. The van der Waals surface area contributed by atoms with E-state index in [1.807, 2.05) is 17.5 Å². The molecule has 3 heterocycles. The molecule has 0 amide bonds. The maximum atomic E-state index is 4.88. The van der Waals surface area contributed by atoms with E-state index >= 15 is 0 Å². The predicted octanol–water partition coefficient (Wildman–Crippen LogP) is 11.4. The third-order valence-electron chi connectivity index (χ3n) is 8.92. The molecule has 0 unspecified atom stereocenters. The first-order valence-corrected chi connectivity index (χ1v) is 16.0. The number of pyridine rings is 1. The number of para-hydroxylation sites is 2. The Balaban J connectivity index is 1.12. The number of hydrogen-bond acceptors (Lipinski definition) is 2. The molecule has 0 saturated heterocycles. The van der Waals surface area contributed by atoms with Crippen LogP contribution in [-0.2, 0) is 6.42 Å². The zero-order valence-electron chi connectivity index (χ0n) is 24.1. The SMILES string of the molecule is C1=Cc2sc3c(-c4cccc(-c5cccc(-c6cccc(-n7c8ccccc8c8ccccc87)c6)c5)c4)nccc3c2CC1. The Bertz CT molecular complexity index is 2350. The molecule has 3 heteroatoms. The molecule has 208 valence electrons. The molecule has 44 heavy (non-hydrogen) atoms. The number of aromatic nitrogens is 2. The maximum absolute atomic E-state index is 4.88. The van der Waals surface area contributed by atoms with Gasteiger partial charge >= 0.3 is 0 Å². The fourth-order valence-electron chi connectivity index (χ4n) is 6.86. The molecule has 3 aromatic heterocycles. The molecule has 0 atom stereocenters. The molecular formula is C41H28N2S. The van der Waals surface area contributed by atoms with Crippen molar-refractivity contribution in [3.05, 3.63) is 150 Å². The molecule has 2 nitrogen and oxygen atoms in total. The van der Waals surface area contributed by atoms with Gasteiger partial charge in [0, 0.05) is 38.5 Å². The van der Waals surface area contributed by atoms with Gasteiger partial charge in [-0.05, 0) is 89.2 Å². The van der Waals surface area contributed by atoms with E-state index in [2.05, 4.69) is 144 Å². The summed E-state index contributed by atoms with van der Waals surface area (Å²) >= 11 is 1.87. The van der Waals surface area contributed by atoms with Crippen molar-refractivity contribution in [3.8, 4) is 39.2 Å². The minimum absolute atomic E-state index is 1.08. The van der Waals surface area contributed by atoms with Crippen molar-refractivity contribution in [1.29, 1.82) is 0 Å². The lowest BCUT2D eigenvalue weighted by Crippen LogP contribution is -1.94. The van der Waals surface area contributed by atoms with E-state index in [-0.39, 0.29) is 0 Å². The van der Waals surface area contributed by atoms with Crippen LogP contribution in [0.25, 0.3) is 77.2 Å². The number of hydrogen-bond donors (Lipinski definition) is 0. The first kappa shape index (κ1) is 25.3. The van der Waals surface area contributed by atoms with Gasteiger partial charge in [-0.2, -0.15) is 0 Å². The Morgan fingerprint density at radius 1 is 0.568 bits per heavy atom. The fourth-order valence-corrected chi connectivity index (χ4v) is 8.15. The second-order valence-corrected chi connectivity index (χ2v) is 12.6. The second kappa shape index (κ2) is 10.2. The van der Waals surface area contributed by atoms with Gasteiger partial charge < -0.3 is 4.57 Å². The monoisotopic (exact) mass is 580 g/mol. The highest BCUT2D eigenvalue weighted by molar-refractivity contribution is 7.20. The Morgan fingerprint density at radius 3 is 1.91 bits per heavy atom. The maximum Gasteiger partial charge on any atom is 0.0880 e. The minimum Gasteiger partial charge on any atom is -0.309 e. The third-order valence-corrected chi connectivity index (χ3v) is 10.1. The molecular weight excluding hydrogens is 553 g/mol. The summed E-state index contributed by atoms with van der Waals surface area (Å²) < 4.78 is 3.67. The van der Waals surface area contributed by atoms with Gasteiger partial charge in [-0.1, -0.05) is 91.0 Å². The Kier molecular flexibility index (Phi) is 5.85. The molecule has 8 aromatic rings. The van der Waals surface area contributed by atoms with Crippen LogP contribution >= 0.6 is 11.3 Å². The zero-order valence-corrected chi connectivity index (χ0v) is 24.9. The Hall–Kier alpha value is -5.25. The first-order valence-electron chi connectivity index (χ1n) is 15.2. The summed E-state index contributed by atoms with van der Waals surface area (Å²) in [5.41, 5.74) is 12.1. The van der Waals surface area contributed by atoms with Gasteiger partial charge in [-0.3, -0.25) is 4.98 Å².